The number of carbonyl (C=O) groups is 1. The second-order valence-corrected chi connectivity index (χ2v) is 4.54. The number of carbonyl (C=O) groups excluding carboxylic acids is 1. The lowest BCUT2D eigenvalue weighted by Crippen LogP contribution is -2.22. The Balaban J connectivity index is 2.78. The second kappa shape index (κ2) is 4.96. The Labute approximate surface area is 95.7 Å². The number of rotatable bonds is 3. The van der Waals surface area contributed by atoms with Crippen molar-refractivity contribution in [1.29, 1.82) is 0 Å². The molecule has 1 aromatic heterocycles. The minimum Gasteiger partial charge on any atom is -0.457 e. The van der Waals surface area contributed by atoms with Crippen LogP contribution in [0.4, 0.5) is 0 Å². The first-order valence-electron chi connectivity index (χ1n) is 5.35. The van der Waals surface area contributed by atoms with Crippen molar-refractivity contribution in [3.8, 4) is 0 Å². The van der Waals surface area contributed by atoms with E-state index in [1.807, 2.05) is 27.7 Å². The van der Waals surface area contributed by atoms with Crippen LogP contribution in [-0.2, 0) is 9.53 Å². The Bertz CT molecular complexity index is 372. The molecule has 0 aliphatic carbocycles. The molecule has 0 aliphatic heterocycles. The summed E-state index contributed by atoms with van der Waals surface area (Å²) in [4.78, 5) is 11.6. The number of aromatic nitrogens is 2. The number of ether oxygens (including phenoxy) is 1. The van der Waals surface area contributed by atoms with E-state index < -0.39 is 5.60 Å². The van der Waals surface area contributed by atoms with Gasteiger partial charge in [0, 0.05) is 17.8 Å². The molecule has 88 valence electrons. The minimum atomic E-state index is -0.456. The van der Waals surface area contributed by atoms with Gasteiger partial charge in [0.2, 0.25) is 0 Å². The van der Waals surface area contributed by atoms with Gasteiger partial charge in [-0.05, 0) is 32.8 Å². The Morgan fingerprint density at radius 2 is 2.25 bits per heavy atom. The summed E-state index contributed by atoms with van der Waals surface area (Å²) in [6, 6.07) is 0. The van der Waals surface area contributed by atoms with E-state index in [0.717, 1.165) is 17.6 Å². The summed E-state index contributed by atoms with van der Waals surface area (Å²) < 4.78 is 5.22. The molecule has 0 fully saturated rings. The van der Waals surface area contributed by atoms with Gasteiger partial charge in [0.15, 0.2) is 0 Å². The smallest absolute Gasteiger partial charge is 0.331 e. The summed E-state index contributed by atoms with van der Waals surface area (Å²) in [7, 11) is 0. The molecule has 0 bridgehead atoms. The summed E-state index contributed by atoms with van der Waals surface area (Å²) in [6.07, 6.45) is 5.74. The summed E-state index contributed by atoms with van der Waals surface area (Å²) in [5.41, 5.74) is 1.39. The van der Waals surface area contributed by atoms with E-state index in [1.165, 1.54) is 6.08 Å². The van der Waals surface area contributed by atoms with Crippen LogP contribution in [0.5, 0.6) is 0 Å². The van der Waals surface area contributed by atoms with Crippen LogP contribution < -0.4 is 0 Å². The van der Waals surface area contributed by atoms with Crippen LogP contribution in [0.1, 0.15) is 39.7 Å². The molecular formula is C12H18N2O2. The third-order valence-corrected chi connectivity index (χ3v) is 1.95. The van der Waals surface area contributed by atoms with Crippen LogP contribution in [-0.4, -0.2) is 21.8 Å². The Hall–Kier alpha value is -1.58. The number of esters is 1. The number of nitrogens with zero attached hydrogens (tertiary/aromatic N) is 1. The van der Waals surface area contributed by atoms with Crippen molar-refractivity contribution in [3.63, 3.8) is 0 Å². The molecule has 0 spiro atoms. The van der Waals surface area contributed by atoms with E-state index >= 15 is 0 Å². The molecule has 0 unspecified atom stereocenters. The molecule has 4 nitrogen and oxygen atoms in total. The molecule has 0 atom stereocenters. The molecule has 1 rings (SSSR count). The summed E-state index contributed by atoms with van der Waals surface area (Å²) in [5.74, 6) is -0.314. The number of hydrogen-bond acceptors (Lipinski definition) is 3. The fourth-order valence-corrected chi connectivity index (χ4v) is 1.29. The van der Waals surface area contributed by atoms with Crippen molar-refractivity contribution in [2.75, 3.05) is 0 Å². The first kappa shape index (κ1) is 12.5. The van der Waals surface area contributed by atoms with Crippen molar-refractivity contribution in [3.05, 3.63) is 24.0 Å². The van der Waals surface area contributed by atoms with Crippen LogP contribution in [0.15, 0.2) is 18.5 Å². The number of nitrogens with one attached hydrogen (secondary N) is 1. The number of hydrogen-bond donors (Lipinski definition) is 1. The van der Waals surface area contributed by atoms with Gasteiger partial charge < -0.3 is 4.74 Å². The first-order valence-corrected chi connectivity index (χ1v) is 5.35. The third-order valence-electron chi connectivity index (χ3n) is 1.95. The van der Waals surface area contributed by atoms with Gasteiger partial charge in [-0.1, -0.05) is 6.92 Å². The van der Waals surface area contributed by atoms with E-state index in [4.69, 9.17) is 4.74 Å². The molecule has 0 aliphatic rings. The standard InChI is InChI=1S/C12H18N2O2/c1-5-9(10-7-13-14-8-10)6-11(15)16-12(2,3)4/h6-8H,5H2,1-4H3,(H,13,14)/b9-6+. The van der Waals surface area contributed by atoms with Crippen LogP contribution >= 0.6 is 0 Å². The zero-order valence-corrected chi connectivity index (χ0v) is 10.2. The average molecular weight is 222 g/mol. The van der Waals surface area contributed by atoms with Crippen molar-refractivity contribution in [1.82, 2.24) is 10.2 Å². The van der Waals surface area contributed by atoms with E-state index in [2.05, 4.69) is 10.2 Å². The molecule has 0 saturated carbocycles. The Morgan fingerprint density at radius 3 is 2.69 bits per heavy atom. The lowest BCUT2D eigenvalue weighted by atomic mass is 10.1. The molecule has 1 N–H and O–H groups in total. The quantitative estimate of drug-likeness (QED) is 0.631. The van der Waals surface area contributed by atoms with Gasteiger partial charge >= 0.3 is 5.97 Å². The highest BCUT2D eigenvalue weighted by Crippen LogP contribution is 2.17. The van der Waals surface area contributed by atoms with Crippen molar-refractivity contribution in [2.24, 2.45) is 0 Å². The molecule has 0 radical (unpaired) electrons. The number of aromatic amines is 1. The normalized spacial score (nSPS) is 12.6. The second-order valence-electron chi connectivity index (χ2n) is 4.54. The maximum Gasteiger partial charge on any atom is 0.331 e. The van der Waals surface area contributed by atoms with Crippen molar-refractivity contribution in [2.45, 2.75) is 39.7 Å². The molecule has 1 heterocycles. The highest BCUT2D eigenvalue weighted by atomic mass is 16.6. The lowest BCUT2D eigenvalue weighted by molar-refractivity contribution is -0.148. The third kappa shape index (κ3) is 3.88. The number of allylic oxidation sites excluding steroid dienone is 1. The van der Waals surface area contributed by atoms with Gasteiger partial charge in [-0.2, -0.15) is 5.10 Å². The summed E-state index contributed by atoms with van der Waals surface area (Å²) in [5, 5.41) is 6.58. The largest absolute Gasteiger partial charge is 0.457 e. The summed E-state index contributed by atoms with van der Waals surface area (Å²) >= 11 is 0. The Morgan fingerprint density at radius 1 is 1.56 bits per heavy atom. The topological polar surface area (TPSA) is 55.0 Å². The predicted molar refractivity (Wildman–Crippen MR) is 62.7 cm³/mol. The fourth-order valence-electron chi connectivity index (χ4n) is 1.29. The SMILES string of the molecule is CC/C(=C\C(=O)OC(C)(C)C)c1cn[nH]c1. The highest BCUT2D eigenvalue weighted by molar-refractivity contribution is 5.91. The molecule has 0 amide bonds. The van der Waals surface area contributed by atoms with Gasteiger partial charge in [-0.15, -0.1) is 0 Å². The van der Waals surface area contributed by atoms with Crippen molar-refractivity contribution < 1.29 is 9.53 Å². The van der Waals surface area contributed by atoms with E-state index in [-0.39, 0.29) is 5.97 Å². The van der Waals surface area contributed by atoms with Gasteiger partial charge in [-0.3, -0.25) is 5.10 Å². The van der Waals surface area contributed by atoms with Crippen LogP contribution in [0.2, 0.25) is 0 Å². The minimum absolute atomic E-state index is 0.314. The zero-order valence-electron chi connectivity index (χ0n) is 10.2. The maximum atomic E-state index is 11.6. The van der Waals surface area contributed by atoms with Crippen molar-refractivity contribution >= 4 is 11.5 Å². The van der Waals surface area contributed by atoms with Crippen LogP contribution in [0.3, 0.4) is 0 Å². The van der Waals surface area contributed by atoms with Crippen LogP contribution in [0, 0.1) is 0 Å². The van der Waals surface area contributed by atoms with E-state index in [0.29, 0.717) is 0 Å². The van der Waals surface area contributed by atoms with Gasteiger partial charge in [0.1, 0.15) is 5.60 Å². The fraction of sp³-hybridized carbons (Fsp3) is 0.500. The van der Waals surface area contributed by atoms with E-state index in [9.17, 15) is 4.79 Å². The molecule has 1 aromatic rings. The maximum absolute atomic E-state index is 11.6. The lowest BCUT2D eigenvalue weighted by Gasteiger charge is -2.18. The molecule has 4 heteroatoms. The van der Waals surface area contributed by atoms with Gasteiger partial charge in [0.25, 0.3) is 0 Å². The van der Waals surface area contributed by atoms with Gasteiger partial charge in [-0.25, -0.2) is 4.79 Å². The predicted octanol–water partition coefficient (Wildman–Crippen LogP) is 2.54. The average Bonchev–Trinajstić information content (AvgIpc) is 2.63. The molecular weight excluding hydrogens is 204 g/mol. The molecule has 0 aromatic carbocycles. The monoisotopic (exact) mass is 222 g/mol. The molecule has 0 saturated heterocycles. The van der Waals surface area contributed by atoms with E-state index in [1.54, 1.807) is 12.4 Å². The van der Waals surface area contributed by atoms with Gasteiger partial charge in [0.05, 0.1) is 6.20 Å². The zero-order chi connectivity index (χ0) is 12.2. The van der Waals surface area contributed by atoms with Crippen LogP contribution in [0.25, 0.3) is 5.57 Å². The Kier molecular flexibility index (Phi) is 3.88. The highest BCUT2D eigenvalue weighted by Gasteiger charge is 2.15. The first-order chi connectivity index (χ1) is 7.42. The molecule has 16 heavy (non-hydrogen) atoms. The summed E-state index contributed by atoms with van der Waals surface area (Å²) in [6.45, 7) is 7.54. The number of H-pyrrole nitrogens is 1.